The molecule has 2 heterocycles. The first-order chi connectivity index (χ1) is 11.3. The van der Waals surface area contributed by atoms with Gasteiger partial charge in [0, 0.05) is 11.1 Å². The first kappa shape index (κ1) is 13.4. The van der Waals surface area contributed by atoms with Crippen molar-refractivity contribution < 1.29 is 9.53 Å². The first-order valence-electron chi connectivity index (χ1n) is 7.12. The number of ketones is 1. The fraction of sp³-hybridized carbons (Fsp3) is 0.0588. The number of rotatable bonds is 2. The second-order valence-corrected chi connectivity index (χ2v) is 5.14. The topological polar surface area (TPSA) is 80.8 Å². The summed E-state index contributed by atoms with van der Waals surface area (Å²) in [5, 5.41) is 13.8. The van der Waals surface area contributed by atoms with Crippen LogP contribution in [0.4, 0.5) is 0 Å². The van der Waals surface area contributed by atoms with Crippen molar-refractivity contribution in [3.63, 3.8) is 0 Å². The van der Waals surface area contributed by atoms with E-state index in [1.165, 1.54) is 0 Å². The van der Waals surface area contributed by atoms with E-state index in [1.807, 2.05) is 48.5 Å². The Kier molecular flexibility index (Phi) is 3.20. The van der Waals surface area contributed by atoms with Gasteiger partial charge in [0.25, 0.3) is 0 Å². The highest BCUT2D eigenvalue weighted by Crippen LogP contribution is 2.27. The molecule has 0 saturated heterocycles. The number of hydrogen-bond acceptors (Lipinski definition) is 5. The van der Waals surface area contributed by atoms with Crippen LogP contribution in [-0.2, 0) is 0 Å². The number of aromatic amines is 1. The third kappa shape index (κ3) is 2.50. The van der Waals surface area contributed by atoms with Crippen LogP contribution in [0, 0.1) is 0 Å². The summed E-state index contributed by atoms with van der Waals surface area (Å²) >= 11 is 0. The summed E-state index contributed by atoms with van der Waals surface area (Å²) in [5.74, 6) is 1.19. The van der Waals surface area contributed by atoms with Crippen LogP contribution in [0.2, 0.25) is 0 Å². The van der Waals surface area contributed by atoms with Gasteiger partial charge < -0.3 is 4.74 Å². The minimum Gasteiger partial charge on any atom is -0.488 e. The van der Waals surface area contributed by atoms with Crippen molar-refractivity contribution in [3.05, 3.63) is 65.2 Å². The van der Waals surface area contributed by atoms with Gasteiger partial charge in [0.05, 0.1) is 5.56 Å². The molecule has 0 unspecified atom stereocenters. The normalized spacial score (nSPS) is 15.3. The van der Waals surface area contributed by atoms with Crippen LogP contribution < -0.4 is 4.74 Å². The quantitative estimate of drug-likeness (QED) is 0.736. The number of ether oxygens (including phenoxy) is 1. The van der Waals surface area contributed by atoms with Gasteiger partial charge in [-0.25, -0.2) is 0 Å². The van der Waals surface area contributed by atoms with E-state index in [2.05, 4.69) is 20.6 Å². The number of nitrogens with zero attached hydrogens (tertiary/aromatic N) is 3. The Morgan fingerprint density at radius 2 is 1.91 bits per heavy atom. The van der Waals surface area contributed by atoms with Crippen LogP contribution in [0.15, 0.2) is 54.1 Å². The second-order valence-electron chi connectivity index (χ2n) is 5.14. The lowest BCUT2D eigenvalue weighted by Gasteiger charge is -2.18. The average Bonchev–Trinajstić information content (AvgIpc) is 3.13. The van der Waals surface area contributed by atoms with Crippen molar-refractivity contribution >= 4 is 11.9 Å². The van der Waals surface area contributed by atoms with E-state index in [-0.39, 0.29) is 12.4 Å². The molecule has 23 heavy (non-hydrogen) atoms. The van der Waals surface area contributed by atoms with Crippen LogP contribution in [-0.4, -0.2) is 33.0 Å². The maximum Gasteiger partial charge on any atom is 0.204 e. The number of nitrogens with one attached hydrogen (secondary N) is 1. The Hall–Kier alpha value is -3.28. The van der Waals surface area contributed by atoms with E-state index in [0.717, 1.165) is 11.1 Å². The summed E-state index contributed by atoms with van der Waals surface area (Å²) in [6.07, 6.45) is 1.85. The van der Waals surface area contributed by atoms with E-state index in [0.29, 0.717) is 22.7 Å². The van der Waals surface area contributed by atoms with Crippen LogP contribution in [0.1, 0.15) is 15.9 Å². The molecule has 6 nitrogen and oxygen atoms in total. The zero-order valence-electron chi connectivity index (χ0n) is 12.1. The number of benzene rings is 2. The Bertz CT molecular complexity index is 883. The van der Waals surface area contributed by atoms with Crippen molar-refractivity contribution in [2.75, 3.05) is 6.61 Å². The molecular weight excluding hydrogens is 292 g/mol. The molecular formula is C17H12N4O2. The van der Waals surface area contributed by atoms with Crippen molar-refractivity contribution in [3.8, 4) is 17.1 Å². The van der Waals surface area contributed by atoms with Crippen molar-refractivity contribution in [1.82, 2.24) is 20.6 Å². The maximum absolute atomic E-state index is 12.5. The lowest BCUT2D eigenvalue weighted by molar-refractivity contribution is 0.100. The van der Waals surface area contributed by atoms with Crippen molar-refractivity contribution in [2.24, 2.45) is 0 Å². The van der Waals surface area contributed by atoms with Gasteiger partial charge in [0.1, 0.15) is 12.4 Å². The summed E-state index contributed by atoms with van der Waals surface area (Å²) in [5.41, 5.74) is 3.02. The molecule has 1 aliphatic rings. The second kappa shape index (κ2) is 5.49. The largest absolute Gasteiger partial charge is 0.488 e. The van der Waals surface area contributed by atoms with E-state index in [9.17, 15) is 4.79 Å². The fourth-order valence-corrected chi connectivity index (χ4v) is 2.50. The average molecular weight is 304 g/mol. The molecule has 0 amide bonds. The number of para-hydroxylation sites is 1. The summed E-state index contributed by atoms with van der Waals surface area (Å²) < 4.78 is 5.64. The van der Waals surface area contributed by atoms with Crippen molar-refractivity contribution in [1.29, 1.82) is 0 Å². The lowest BCUT2D eigenvalue weighted by atomic mass is 9.98. The Labute approximate surface area is 131 Å². The van der Waals surface area contributed by atoms with Gasteiger partial charge in [-0.2, -0.15) is 5.21 Å². The third-order valence-corrected chi connectivity index (χ3v) is 3.66. The summed E-state index contributed by atoms with van der Waals surface area (Å²) in [6.45, 7) is 0.280. The minimum absolute atomic E-state index is 0.00842. The highest BCUT2D eigenvalue weighted by Gasteiger charge is 2.22. The predicted molar refractivity (Wildman–Crippen MR) is 83.9 cm³/mol. The summed E-state index contributed by atoms with van der Waals surface area (Å²) in [7, 11) is 0. The van der Waals surface area contributed by atoms with Crippen LogP contribution in [0.5, 0.6) is 5.75 Å². The third-order valence-electron chi connectivity index (χ3n) is 3.66. The molecule has 0 bridgehead atoms. The van der Waals surface area contributed by atoms with Gasteiger partial charge in [-0.1, -0.05) is 36.4 Å². The first-order valence-corrected chi connectivity index (χ1v) is 7.12. The number of aromatic nitrogens is 4. The van der Waals surface area contributed by atoms with E-state index in [1.54, 1.807) is 6.07 Å². The van der Waals surface area contributed by atoms with Gasteiger partial charge >= 0.3 is 0 Å². The number of fused-ring (bicyclic) bond motifs is 1. The molecule has 1 aliphatic heterocycles. The summed E-state index contributed by atoms with van der Waals surface area (Å²) in [6, 6.07) is 14.9. The van der Waals surface area contributed by atoms with Gasteiger partial charge in [-0.05, 0) is 29.0 Å². The standard InChI is InChI=1S/C17H12N4O2/c22-16-13(10-23-15-4-2-1-3-14(15)16)9-11-5-7-12(8-6-11)17-18-20-21-19-17/h1-9H,10H2,(H,18,19,20,21)/b13-9+. The maximum atomic E-state index is 12.5. The number of H-pyrrole nitrogens is 1. The smallest absolute Gasteiger partial charge is 0.204 e. The number of Topliss-reactive ketones (excluding diaryl/α,β-unsaturated/α-hetero) is 1. The zero-order valence-corrected chi connectivity index (χ0v) is 12.1. The number of carbonyl (C=O) groups is 1. The van der Waals surface area contributed by atoms with E-state index in [4.69, 9.17) is 4.74 Å². The predicted octanol–water partition coefficient (Wildman–Crippen LogP) is 2.53. The molecule has 4 rings (SSSR count). The monoisotopic (exact) mass is 304 g/mol. The minimum atomic E-state index is 0.00842. The molecule has 112 valence electrons. The molecule has 1 N–H and O–H groups in total. The molecule has 0 aliphatic carbocycles. The van der Waals surface area contributed by atoms with Gasteiger partial charge in [0.2, 0.25) is 5.82 Å². The van der Waals surface area contributed by atoms with E-state index < -0.39 is 0 Å². The number of carbonyl (C=O) groups excluding carboxylic acids is 1. The molecule has 0 atom stereocenters. The molecule has 6 heteroatoms. The molecule has 2 aromatic carbocycles. The Balaban J connectivity index is 1.62. The summed E-state index contributed by atoms with van der Waals surface area (Å²) in [4.78, 5) is 12.5. The molecule has 1 aromatic heterocycles. The van der Waals surface area contributed by atoms with Crippen molar-refractivity contribution in [2.45, 2.75) is 0 Å². The molecule has 0 spiro atoms. The molecule has 3 aromatic rings. The lowest BCUT2D eigenvalue weighted by Crippen LogP contribution is -2.18. The van der Waals surface area contributed by atoms with E-state index >= 15 is 0 Å². The fourth-order valence-electron chi connectivity index (χ4n) is 2.50. The highest BCUT2D eigenvalue weighted by molar-refractivity contribution is 6.14. The molecule has 0 fully saturated rings. The zero-order chi connectivity index (χ0) is 15.6. The number of hydrogen-bond donors (Lipinski definition) is 1. The van der Waals surface area contributed by atoms with Gasteiger partial charge in [-0.15, -0.1) is 10.2 Å². The Morgan fingerprint density at radius 3 is 2.70 bits per heavy atom. The van der Waals surface area contributed by atoms with Gasteiger partial charge in [-0.3, -0.25) is 4.79 Å². The van der Waals surface area contributed by atoms with Crippen LogP contribution >= 0.6 is 0 Å². The van der Waals surface area contributed by atoms with Crippen LogP contribution in [0.25, 0.3) is 17.5 Å². The number of tetrazole rings is 1. The van der Waals surface area contributed by atoms with Crippen LogP contribution in [0.3, 0.4) is 0 Å². The van der Waals surface area contributed by atoms with Gasteiger partial charge in [0.15, 0.2) is 5.78 Å². The molecule has 0 radical (unpaired) electrons. The Morgan fingerprint density at radius 1 is 1.09 bits per heavy atom. The highest BCUT2D eigenvalue weighted by atomic mass is 16.5. The molecule has 0 saturated carbocycles. The SMILES string of the molecule is O=C1/C(=C/c2ccc(-c3nn[nH]n3)cc2)COc2ccccc21.